The first-order valence-corrected chi connectivity index (χ1v) is 9.43. The van der Waals surface area contributed by atoms with E-state index in [0.717, 1.165) is 33.8 Å². The third kappa shape index (κ3) is 2.61. The topological polar surface area (TPSA) is 74.2 Å². The molecule has 1 unspecified atom stereocenters. The van der Waals surface area contributed by atoms with E-state index in [2.05, 4.69) is 20.1 Å². The molecule has 0 saturated carbocycles. The lowest BCUT2D eigenvalue weighted by Gasteiger charge is -2.26. The Morgan fingerprint density at radius 2 is 2.25 bits per heavy atom. The van der Waals surface area contributed by atoms with Crippen LogP contribution < -0.4 is 0 Å². The number of aromatic amines is 1. The van der Waals surface area contributed by atoms with Crippen LogP contribution in [0.1, 0.15) is 19.4 Å². The summed E-state index contributed by atoms with van der Waals surface area (Å²) in [6, 6.07) is 6.02. The second kappa shape index (κ2) is 6.03. The van der Waals surface area contributed by atoms with Crippen LogP contribution in [0.15, 0.2) is 34.2 Å². The number of rotatable bonds is 3. The number of thioether (sulfide) groups is 1. The maximum atomic E-state index is 11.9. The third-order valence-electron chi connectivity index (χ3n) is 3.85. The van der Waals surface area contributed by atoms with Gasteiger partial charge in [0.05, 0.1) is 27.5 Å². The zero-order valence-corrected chi connectivity index (χ0v) is 14.8. The number of nitrogens with zero attached hydrogens (tertiary/aromatic N) is 4. The van der Waals surface area contributed by atoms with E-state index in [4.69, 9.17) is 0 Å². The Morgan fingerprint density at radius 1 is 1.38 bits per heavy atom. The van der Waals surface area contributed by atoms with Crippen LogP contribution in [0.25, 0.3) is 22.6 Å². The smallest absolute Gasteiger partial charge is 0.302 e. The standard InChI is InChI=1S/C16H15N5OS2/c1-3-21-16(22)24-9(2)14(20-21)10-4-5-11-12(6-10)19-15(18-11)13-7-23-8-17-13/h4-9H,3H2,1-2H3,(H,18,19). The van der Waals surface area contributed by atoms with Gasteiger partial charge in [-0.1, -0.05) is 17.8 Å². The molecule has 0 spiro atoms. The Kier molecular flexibility index (Phi) is 3.85. The van der Waals surface area contributed by atoms with E-state index >= 15 is 0 Å². The molecule has 8 heteroatoms. The van der Waals surface area contributed by atoms with Gasteiger partial charge in [0.25, 0.3) is 0 Å². The van der Waals surface area contributed by atoms with Crippen molar-refractivity contribution < 1.29 is 4.79 Å². The lowest BCUT2D eigenvalue weighted by molar-refractivity contribution is 0.227. The number of imidazole rings is 1. The molecule has 3 heterocycles. The molecule has 1 aliphatic rings. The number of benzene rings is 1. The van der Waals surface area contributed by atoms with E-state index in [1.807, 2.05) is 37.4 Å². The summed E-state index contributed by atoms with van der Waals surface area (Å²) in [6.45, 7) is 4.50. The van der Waals surface area contributed by atoms with Crippen LogP contribution in [0, 0.1) is 0 Å². The number of thiazole rings is 1. The molecule has 0 bridgehead atoms. The number of aromatic nitrogens is 3. The van der Waals surface area contributed by atoms with Gasteiger partial charge in [-0.25, -0.2) is 15.0 Å². The first-order chi connectivity index (χ1) is 11.7. The highest BCUT2D eigenvalue weighted by atomic mass is 32.2. The minimum absolute atomic E-state index is 0.00202. The Morgan fingerprint density at radius 3 is 3.00 bits per heavy atom. The van der Waals surface area contributed by atoms with Crippen LogP contribution in [-0.2, 0) is 0 Å². The zero-order chi connectivity index (χ0) is 16.7. The molecule has 1 amide bonds. The first kappa shape index (κ1) is 15.3. The first-order valence-electron chi connectivity index (χ1n) is 7.61. The van der Waals surface area contributed by atoms with E-state index in [1.165, 1.54) is 16.8 Å². The maximum Gasteiger partial charge on any atom is 0.302 e. The van der Waals surface area contributed by atoms with E-state index in [1.54, 1.807) is 16.8 Å². The number of fused-ring (bicyclic) bond motifs is 1. The maximum absolute atomic E-state index is 11.9. The van der Waals surface area contributed by atoms with Crippen LogP contribution >= 0.6 is 23.1 Å². The van der Waals surface area contributed by atoms with Crippen LogP contribution in [0.3, 0.4) is 0 Å². The van der Waals surface area contributed by atoms with Crippen molar-refractivity contribution in [1.29, 1.82) is 0 Å². The average molecular weight is 357 g/mol. The van der Waals surface area contributed by atoms with E-state index in [-0.39, 0.29) is 10.5 Å². The number of nitrogens with one attached hydrogen (secondary N) is 1. The average Bonchev–Trinajstić information content (AvgIpc) is 3.23. The predicted molar refractivity (Wildman–Crippen MR) is 98.6 cm³/mol. The van der Waals surface area contributed by atoms with Crippen molar-refractivity contribution in [1.82, 2.24) is 20.0 Å². The fraction of sp³-hybridized carbons (Fsp3) is 0.250. The molecule has 0 saturated heterocycles. The van der Waals surface area contributed by atoms with Gasteiger partial charge in [-0.05, 0) is 26.0 Å². The third-order valence-corrected chi connectivity index (χ3v) is 5.43. The van der Waals surface area contributed by atoms with Crippen molar-refractivity contribution in [2.75, 3.05) is 6.54 Å². The van der Waals surface area contributed by atoms with E-state index in [0.29, 0.717) is 6.54 Å². The molecular formula is C16H15N5OS2. The highest BCUT2D eigenvalue weighted by Gasteiger charge is 2.27. The quantitative estimate of drug-likeness (QED) is 0.770. The summed E-state index contributed by atoms with van der Waals surface area (Å²) in [5.74, 6) is 0.766. The van der Waals surface area contributed by atoms with Gasteiger partial charge in [-0.2, -0.15) is 5.10 Å². The number of hydrogen-bond acceptors (Lipinski definition) is 6. The predicted octanol–water partition coefficient (Wildman–Crippen LogP) is 3.97. The second-order valence-corrected chi connectivity index (χ2v) is 7.43. The molecule has 24 heavy (non-hydrogen) atoms. The van der Waals surface area contributed by atoms with E-state index in [9.17, 15) is 4.79 Å². The summed E-state index contributed by atoms with van der Waals surface area (Å²) in [4.78, 5) is 24.1. The van der Waals surface area contributed by atoms with Gasteiger partial charge < -0.3 is 4.98 Å². The number of H-pyrrole nitrogens is 1. The Labute approximate surface area is 147 Å². The monoisotopic (exact) mass is 357 g/mol. The highest BCUT2D eigenvalue weighted by Crippen LogP contribution is 2.28. The van der Waals surface area contributed by atoms with Crippen molar-refractivity contribution in [3.63, 3.8) is 0 Å². The molecule has 3 aromatic rings. The van der Waals surface area contributed by atoms with Crippen molar-refractivity contribution in [2.45, 2.75) is 19.1 Å². The minimum Gasteiger partial charge on any atom is -0.337 e. The van der Waals surface area contributed by atoms with Gasteiger partial charge in [-0.3, -0.25) is 4.79 Å². The summed E-state index contributed by atoms with van der Waals surface area (Å²) in [5.41, 5.74) is 6.38. The summed E-state index contributed by atoms with van der Waals surface area (Å²) in [6.07, 6.45) is 0. The van der Waals surface area contributed by atoms with Crippen molar-refractivity contribution >= 4 is 45.1 Å². The summed E-state index contributed by atoms with van der Waals surface area (Å²) >= 11 is 2.85. The number of carbonyl (C=O) groups excluding carboxylic acids is 1. The molecule has 0 aliphatic carbocycles. The SMILES string of the molecule is CCN1N=C(c2ccc3nc(-c4cscn4)[nH]c3c2)C(C)SC1=O. The Balaban J connectivity index is 1.76. The van der Waals surface area contributed by atoms with Gasteiger partial charge in [0.1, 0.15) is 5.69 Å². The number of amides is 1. The normalized spacial score (nSPS) is 18.2. The van der Waals surface area contributed by atoms with Crippen LogP contribution in [0.4, 0.5) is 4.79 Å². The molecule has 0 radical (unpaired) electrons. The van der Waals surface area contributed by atoms with Crippen molar-refractivity contribution in [3.8, 4) is 11.5 Å². The van der Waals surface area contributed by atoms with Crippen LogP contribution in [0.5, 0.6) is 0 Å². The fourth-order valence-electron chi connectivity index (χ4n) is 2.63. The van der Waals surface area contributed by atoms with Gasteiger partial charge >= 0.3 is 5.24 Å². The largest absolute Gasteiger partial charge is 0.337 e. The number of carbonyl (C=O) groups is 1. The minimum atomic E-state index is 0.00202. The zero-order valence-electron chi connectivity index (χ0n) is 13.2. The molecule has 1 N–H and O–H groups in total. The van der Waals surface area contributed by atoms with Gasteiger partial charge in [0.2, 0.25) is 0 Å². The van der Waals surface area contributed by atoms with Gasteiger partial charge in [0.15, 0.2) is 5.82 Å². The molecular weight excluding hydrogens is 342 g/mol. The molecule has 1 atom stereocenters. The Hall–Kier alpha value is -2.19. The molecule has 4 rings (SSSR count). The van der Waals surface area contributed by atoms with Crippen LogP contribution in [-0.4, -0.2) is 42.7 Å². The summed E-state index contributed by atoms with van der Waals surface area (Å²) < 4.78 is 0. The molecule has 122 valence electrons. The Bertz CT molecular complexity index is 931. The van der Waals surface area contributed by atoms with Gasteiger partial charge in [-0.15, -0.1) is 11.3 Å². The van der Waals surface area contributed by atoms with E-state index < -0.39 is 0 Å². The second-order valence-electron chi connectivity index (χ2n) is 5.42. The lowest BCUT2D eigenvalue weighted by atomic mass is 10.1. The molecule has 1 aliphatic heterocycles. The van der Waals surface area contributed by atoms with Crippen LogP contribution in [0.2, 0.25) is 0 Å². The highest BCUT2D eigenvalue weighted by molar-refractivity contribution is 8.14. The molecule has 0 fully saturated rings. The summed E-state index contributed by atoms with van der Waals surface area (Å²) in [5, 5.41) is 8.04. The van der Waals surface area contributed by atoms with Crippen molar-refractivity contribution in [3.05, 3.63) is 34.7 Å². The molecule has 6 nitrogen and oxygen atoms in total. The van der Waals surface area contributed by atoms with Gasteiger partial charge in [0, 0.05) is 17.5 Å². The van der Waals surface area contributed by atoms with Crippen molar-refractivity contribution in [2.24, 2.45) is 5.10 Å². The molecule has 1 aromatic carbocycles. The lowest BCUT2D eigenvalue weighted by Crippen LogP contribution is -2.33. The number of hydrazone groups is 1. The summed E-state index contributed by atoms with van der Waals surface area (Å²) in [7, 11) is 0. The molecule has 2 aromatic heterocycles. The number of hydrogen-bond donors (Lipinski definition) is 1. The fourth-order valence-corrected chi connectivity index (χ4v) is 4.06.